The van der Waals surface area contributed by atoms with Crippen molar-refractivity contribution in [3.05, 3.63) is 65.2 Å². The van der Waals surface area contributed by atoms with Gasteiger partial charge in [-0.15, -0.1) is 0 Å². The lowest BCUT2D eigenvalue weighted by Crippen LogP contribution is -2.33. The largest absolute Gasteiger partial charge is 0.491 e. The fraction of sp³-hybridized carbons (Fsp3) is 0.400. The van der Waals surface area contributed by atoms with Crippen molar-refractivity contribution < 1.29 is 9.84 Å². The van der Waals surface area contributed by atoms with Gasteiger partial charge in [0.15, 0.2) is 0 Å². The summed E-state index contributed by atoms with van der Waals surface area (Å²) in [4.78, 5) is 0. The van der Waals surface area contributed by atoms with E-state index in [0.29, 0.717) is 13.2 Å². The molecule has 124 valence electrons. The van der Waals surface area contributed by atoms with Crippen molar-refractivity contribution in [1.29, 1.82) is 0 Å². The van der Waals surface area contributed by atoms with Crippen molar-refractivity contribution in [2.24, 2.45) is 0 Å². The fourth-order valence-corrected chi connectivity index (χ4v) is 2.44. The standard InChI is InChI=1S/C20H27NO2/c1-4-17-9-11-18(12-10-17)16(3)21-13-19(22)14-23-20-8-6-5-7-15(20)2/h5-12,16,19,21-22H,4,13-14H2,1-3H3. The molecule has 0 aliphatic heterocycles. The van der Waals surface area contributed by atoms with Crippen LogP contribution in [-0.4, -0.2) is 24.4 Å². The Morgan fingerprint density at radius 2 is 1.78 bits per heavy atom. The highest BCUT2D eigenvalue weighted by molar-refractivity contribution is 5.31. The summed E-state index contributed by atoms with van der Waals surface area (Å²) < 4.78 is 5.68. The zero-order chi connectivity index (χ0) is 16.7. The van der Waals surface area contributed by atoms with Gasteiger partial charge in [-0.25, -0.2) is 0 Å². The highest BCUT2D eigenvalue weighted by Gasteiger charge is 2.10. The van der Waals surface area contributed by atoms with Gasteiger partial charge in [0.1, 0.15) is 18.5 Å². The minimum absolute atomic E-state index is 0.203. The maximum absolute atomic E-state index is 10.1. The normalized spacial score (nSPS) is 13.6. The molecule has 2 unspecified atom stereocenters. The first-order valence-corrected chi connectivity index (χ1v) is 8.29. The number of hydrogen-bond donors (Lipinski definition) is 2. The van der Waals surface area contributed by atoms with E-state index in [1.807, 2.05) is 31.2 Å². The van der Waals surface area contributed by atoms with Gasteiger partial charge in [-0.05, 0) is 43.0 Å². The molecule has 3 heteroatoms. The van der Waals surface area contributed by atoms with Crippen LogP contribution >= 0.6 is 0 Å². The predicted octanol–water partition coefficient (Wildman–Crippen LogP) is 3.65. The molecule has 2 aromatic rings. The lowest BCUT2D eigenvalue weighted by atomic mass is 10.0. The quantitative estimate of drug-likeness (QED) is 0.781. The highest BCUT2D eigenvalue weighted by atomic mass is 16.5. The SMILES string of the molecule is CCc1ccc(C(C)NCC(O)COc2ccccc2C)cc1. The summed E-state index contributed by atoms with van der Waals surface area (Å²) in [6.07, 6.45) is 0.517. The average molecular weight is 313 g/mol. The zero-order valence-corrected chi connectivity index (χ0v) is 14.3. The highest BCUT2D eigenvalue weighted by Crippen LogP contribution is 2.16. The number of rotatable bonds is 8. The molecule has 0 aliphatic carbocycles. The number of nitrogens with one attached hydrogen (secondary N) is 1. The van der Waals surface area contributed by atoms with Gasteiger partial charge < -0.3 is 15.2 Å². The van der Waals surface area contributed by atoms with Crippen LogP contribution in [0.3, 0.4) is 0 Å². The molecule has 0 saturated carbocycles. The van der Waals surface area contributed by atoms with E-state index in [1.165, 1.54) is 11.1 Å². The summed E-state index contributed by atoms with van der Waals surface area (Å²) in [7, 11) is 0. The maximum atomic E-state index is 10.1. The molecule has 0 heterocycles. The molecule has 23 heavy (non-hydrogen) atoms. The molecule has 2 aromatic carbocycles. The van der Waals surface area contributed by atoms with Crippen molar-refractivity contribution >= 4 is 0 Å². The van der Waals surface area contributed by atoms with Crippen LogP contribution in [0.15, 0.2) is 48.5 Å². The number of hydrogen-bond acceptors (Lipinski definition) is 3. The molecule has 0 aliphatic rings. The lowest BCUT2D eigenvalue weighted by Gasteiger charge is -2.18. The molecule has 2 N–H and O–H groups in total. The molecule has 2 rings (SSSR count). The van der Waals surface area contributed by atoms with E-state index < -0.39 is 6.10 Å². The molecular weight excluding hydrogens is 286 g/mol. The van der Waals surface area contributed by atoms with E-state index >= 15 is 0 Å². The Balaban J connectivity index is 1.77. The number of para-hydroxylation sites is 1. The number of benzene rings is 2. The second kappa shape index (κ2) is 8.70. The van der Waals surface area contributed by atoms with Crippen LogP contribution in [0.1, 0.15) is 36.6 Å². The summed E-state index contributed by atoms with van der Waals surface area (Å²) >= 11 is 0. The first-order chi connectivity index (χ1) is 11.1. The number of ether oxygens (including phenoxy) is 1. The summed E-state index contributed by atoms with van der Waals surface area (Å²) in [6, 6.07) is 16.7. The molecular formula is C20H27NO2. The Kier molecular flexibility index (Phi) is 6.63. The second-order valence-electron chi connectivity index (χ2n) is 5.96. The molecule has 2 atom stereocenters. The Bertz CT molecular complexity index is 595. The van der Waals surface area contributed by atoms with Crippen LogP contribution in [0, 0.1) is 6.92 Å². The minimum atomic E-state index is -0.535. The number of aliphatic hydroxyl groups excluding tert-OH is 1. The second-order valence-corrected chi connectivity index (χ2v) is 5.96. The Morgan fingerprint density at radius 1 is 1.09 bits per heavy atom. The van der Waals surface area contributed by atoms with E-state index in [2.05, 4.69) is 43.4 Å². The first kappa shape index (κ1) is 17.5. The molecule has 0 spiro atoms. The van der Waals surface area contributed by atoms with Crippen LogP contribution in [-0.2, 0) is 6.42 Å². The third-order valence-electron chi connectivity index (χ3n) is 4.07. The molecule has 0 bridgehead atoms. The van der Waals surface area contributed by atoms with Gasteiger partial charge >= 0.3 is 0 Å². The fourth-order valence-electron chi connectivity index (χ4n) is 2.44. The van der Waals surface area contributed by atoms with E-state index in [4.69, 9.17) is 4.74 Å². The topological polar surface area (TPSA) is 41.5 Å². The molecule has 0 aromatic heterocycles. The van der Waals surface area contributed by atoms with Gasteiger partial charge in [-0.3, -0.25) is 0 Å². The maximum Gasteiger partial charge on any atom is 0.122 e. The van der Waals surface area contributed by atoms with Crippen molar-refractivity contribution in [3.8, 4) is 5.75 Å². The van der Waals surface area contributed by atoms with Crippen LogP contribution < -0.4 is 10.1 Å². The lowest BCUT2D eigenvalue weighted by molar-refractivity contribution is 0.104. The van der Waals surface area contributed by atoms with Crippen molar-refractivity contribution in [3.63, 3.8) is 0 Å². The van der Waals surface area contributed by atoms with Gasteiger partial charge in [-0.2, -0.15) is 0 Å². The van der Waals surface area contributed by atoms with Crippen LogP contribution in [0.2, 0.25) is 0 Å². The van der Waals surface area contributed by atoms with Gasteiger partial charge in [0.25, 0.3) is 0 Å². The van der Waals surface area contributed by atoms with Gasteiger partial charge in [0.05, 0.1) is 0 Å². The third-order valence-corrected chi connectivity index (χ3v) is 4.07. The van der Waals surface area contributed by atoms with Crippen LogP contribution in [0.25, 0.3) is 0 Å². The third kappa shape index (κ3) is 5.38. The van der Waals surface area contributed by atoms with E-state index in [0.717, 1.165) is 17.7 Å². The van der Waals surface area contributed by atoms with E-state index in [1.54, 1.807) is 0 Å². The Labute approximate surface area is 139 Å². The number of aliphatic hydroxyl groups is 1. The van der Waals surface area contributed by atoms with E-state index in [9.17, 15) is 5.11 Å². The smallest absolute Gasteiger partial charge is 0.122 e. The minimum Gasteiger partial charge on any atom is -0.491 e. The van der Waals surface area contributed by atoms with Gasteiger partial charge in [0.2, 0.25) is 0 Å². The Morgan fingerprint density at radius 3 is 2.43 bits per heavy atom. The molecule has 0 amide bonds. The average Bonchev–Trinajstić information content (AvgIpc) is 2.59. The zero-order valence-electron chi connectivity index (χ0n) is 14.3. The van der Waals surface area contributed by atoms with Gasteiger partial charge in [0, 0.05) is 12.6 Å². The monoisotopic (exact) mass is 313 g/mol. The van der Waals surface area contributed by atoms with Crippen molar-refractivity contribution in [2.75, 3.05) is 13.2 Å². The summed E-state index contributed by atoms with van der Waals surface area (Å²) in [6.45, 7) is 7.06. The molecule has 3 nitrogen and oxygen atoms in total. The number of aryl methyl sites for hydroxylation is 2. The first-order valence-electron chi connectivity index (χ1n) is 8.29. The summed E-state index contributed by atoms with van der Waals surface area (Å²) in [5.74, 6) is 0.828. The van der Waals surface area contributed by atoms with E-state index in [-0.39, 0.29) is 6.04 Å². The summed E-state index contributed by atoms with van der Waals surface area (Å²) in [5, 5.41) is 13.4. The van der Waals surface area contributed by atoms with Crippen molar-refractivity contribution in [1.82, 2.24) is 5.32 Å². The van der Waals surface area contributed by atoms with Crippen molar-refractivity contribution in [2.45, 2.75) is 39.3 Å². The predicted molar refractivity (Wildman–Crippen MR) is 94.9 cm³/mol. The Hall–Kier alpha value is -1.84. The molecule has 0 fully saturated rings. The van der Waals surface area contributed by atoms with Crippen LogP contribution in [0.5, 0.6) is 5.75 Å². The van der Waals surface area contributed by atoms with Gasteiger partial charge in [-0.1, -0.05) is 49.4 Å². The molecule has 0 saturated heterocycles. The summed E-state index contributed by atoms with van der Waals surface area (Å²) in [5.41, 5.74) is 3.65. The van der Waals surface area contributed by atoms with Crippen LogP contribution in [0.4, 0.5) is 0 Å². The molecule has 0 radical (unpaired) electrons.